The first-order chi connectivity index (χ1) is 17.9. The van der Waals surface area contributed by atoms with E-state index in [1.54, 1.807) is 18.2 Å². The van der Waals surface area contributed by atoms with Gasteiger partial charge in [-0.25, -0.2) is 0 Å². The molecule has 9 nitrogen and oxygen atoms in total. The molecule has 9 heteroatoms. The molecule has 0 spiro atoms. The molecule has 186 valence electrons. The van der Waals surface area contributed by atoms with E-state index in [9.17, 15) is 5.11 Å². The Hall–Kier alpha value is -4.92. The molecule has 1 aliphatic heterocycles. The zero-order chi connectivity index (χ0) is 25.8. The number of aryl methyl sites for hydroxylation is 1. The van der Waals surface area contributed by atoms with E-state index in [0.717, 1.165) is 35.6 Å². The van der Waals surface area contributed by atoms with Gasteiger partial charge in [-0.15, -0.1) is 0 Å². The third-order valence-corrected chi connectivity index (χ3v) is 5.79. The number of aromatic nitrogens is 2. The van der Waals surface area contributed by atoms with Crippen LogP contribution in [0.25, 0.3) is 11.3 Å². The predicted molar refractivity (Wildman–Crippen MR) is 142 cm³/mol. The van der Waals surface area contributed by atoms with Gasteiger partial charge in [-0.3, -0.25) is 4.99 Å². The Kier molecular flexibility index (Phi) is 6.67. The van der Waals surface area contributed by atoms with Crippen molar-refractivity contribution in [3.63, 3.8) is 0 Å². The first kappa shape index (κ1) is 23.8. The number of oxime groups is 1. The molecule has 0 fully saturated rings. The number of benzene rings is 3. The Morgan fingerprint density at radius 2 is 1.76 bits per heavy atom. The normalized spacial score (nSPS) is 13.4. The maximum Gasteiger partial charge on any atom is 0.325 e. The van der Waals surface area contributed by atoms with Gasteiger partial charge in [0.2, 0.25) is 0 Å². The number of rotatable bonds is 7. The molecule has 1 aliphatic rings. The van der Waals surface area contributed by atoms with Crippen LogP contribution in [0.5, 0.6) is 23.4 Å². The van der Waals surface area contributed by atoms with Gasteiger partial charge in [-0.2, -0.15) is 9.97 Å². The number of phenols is 1. The fourth-order valence-electron chi connectivity index (χ4n) is 3.80. The average molecular weight is 495 g/mol. The Morgan fingerprint density at radius 3 is 2.49 bits per heavy atom. The SMILES string of the molecule is Cc1ccc(-c2cc(ON=C(N)c3ccc(O)cc3)nc(Oc3cccc(C4=NCCN4C)c3)n2)cc1. The molecule has 0 radical (unpaired) electrons. The molecule has 0 saturated carbocycles. The van der Waals surface area contributed by atoms with Crippen LogP contribution in [0.2, 0.25) is 0 Å². The van der Waals surface area contributed by atoms with Crippen LogP contribution >= 0.6 is 0 Å². The molecule has 0 atom stereocenters. The van der Waals surface area contributed by atoms with Crippen molar-refractivity contribution in [1.29, 1.82) is 0 Å². The minimum atomic E-state index is 0.102. The zero-order valence-electron chi connectivity index (χ0n) is 20.5. The summed E-state index contributed by atoms with van der Waals surface area (Å²) < 4.78 is 6.06. The van der Waals surface area contributed by atoms with Crippen LogP contribution in [0, 0.1) is 6.92 Å². The van der Waals surface area contributed by atoms with Crippen molar-refractivity contribution >= 4 is 11.7 Å². The maximum atomic E-state index is 9.49. The Labute approximate surface area is 214 Å². The van der Waals surface area contributed by atoms with Crippen LogP contribution in [0.15, 0.2) is 89.0 Å². The smallest absolute Gasteiger partial charge is 0.325 e. The summed E-state index contributed by atoms with van der Waals surface area (Å²) in [6, 6.07) is 23.7. The third kappa shape index (κ3) is 5.67. The molecule has 2 heterocycles. The minimum absolute atomic E-state index is 0.102. The van der Waals surface area contributed by atoms with Gasteiger partial charge in [-0.1, -0.05) is 47.1 Å². The molecule has 0 amide bonds. The number of hydrogen-bond donors (Lipinski definition) is 2. The second-order valence-corrected chi connectivity index (χ2v) is 8.61. The summed E-state index contributed by atoms with van der Waals surface area (Å²) in [4.78, 5) is 21.3. The summed E-state index contributed by atoms with van der Waals surface area (Å²) in [7, 11) is 2.02. The van der Waals surface area contributed by atoms with E-state index in [1.807, 2.05) is 62.5 Å². The molecule has 0 unspecified atom stereocenters. The number of nitrogens with two attached hydrogens (primary N) is 1. The average Bonchev–Trinajstić information content (AvgIpc) is 3.34. The van der Waals surface area contributed by atoms with Crippen molar-refractivity contribution in [3.8, 4) is 34.6 Å². The fraction of sp³-hybridized carbons (Fsp3) is 0.143. The predicted octanol–water partition coefficient (Wildman–Crippen LogP) is 4.34. The summed E-state index contributed by atoms with van der Waals surface area (Å²) in [5, 5.41) is 13.5. The fourth-order valence-corrected chi connectivity index (χ4v) is 3.80. The molecule has 0 bridgehead atoms. The Balaban J connectivity index is 1.46. The molecular formula is C28H26N6O3. The van der Waals surface area contributed by atoms with Crippen LogP contribution in [-0.4, -0.2) is 51.8 Å². The van der Waals surface area contributed by atoms with Crippen molar-refractivity contribution in [2.24, 2.45) is 15.9 Å². The number of amidine groups is 2. The van der Waals surface area contributed by atoms with E-state index in [2.05, 4.69) is 25.0 Å². The summed E-state index contributed by atoms with van der Waals surface area (Å²) in [5.74, 6) is 1.92. The molecule has 0 aliphatic carbocycles. The van der Waals surface area contributed by atoms with Crippen LogP contribution in [0.1, 0.15) is 16.7 Å². The lowest BCUT2D eigenvalue weighted by Crippen LogP contribution is -2.23. The highest BCUT2D eigenvalue weighted by atomic mass is 16.6. The highest BCUT2D eigenvalue weighted by Gasteiger charge is 2.16. The van der Waals surface area contributed by atoms with Crippen LogP contribution in [-0.2, 0) is 0 Å². The number of hydrogen-bond acceptors (Lipinski definition) is 8. The molecule has 4 aromatic rings. The van der Waals surface area contributed by atoms with Crippen LogP contribution < -0.4 is 15.3 Å². The molecule has 37 heavy (non-hydrogen) atoms. The number of nitrogens with zero attached hydrogens (tertiary/aromatic N) is 5. The van der Waals surface area contributed by atoms with Crippen molar-refractivity contribution in [2.45, 2.75) is 6.92 Å². The number of aliphatic imine (C=N–C) groups is 1. The van der Waals surface area contributed by atoms with Crippen molar-refractivity contribution in [2.75, 3.05) is 20.1 Å². The topological polar surface area (TPSA) is 118 Å². The highest BCUT2D eigenvalue weighted by Crippen LogP contribution is 2.27. The molecular weight excluding hydrogens is 468 g/mol. The van der Waals surface area contributed by atoms with Gasteiger partial charge in [0.05, 0.1) is 12.2 Å². The molecule has 3 N–H and O–H groups in total. The van der Waals surface area contributed by atoms with Gasteiger partial charge in [-0.05, 0) is 43.3 Å². The van der Waals surface area contributed by atoms with Gasteiger partial charge in [0.25, 0.3) is 5.88 Å². The molecule has 3 aromatic carbocycles. The molecule has 1 aromatic heterocycles. The van der Waals surface area contributed by atoms with Crippen molar-refractivity contribution in [1.82, 2.24) is 14.9 Å². The summed E-state index contributed by atoms with van der Waals surface area (Å²) in [6.45, 7) is 3.68. The van der Waals surface area contributed by atoms with Crippen molar-refractivity contribution < 1.29 is 14.7 Å². The van der Waals surface area contributed by atoms with Crippen LogP contribution in [0.3, 0.4) is 0 Å². The first-order valence-electron chi connectivity index (χ1n) is 11.7. The number of phenolic OH excluding ortho intramolecular Hbond substituents is 1. The van der Waals surface area contributed by atoms with Gasteiger partial charge < -0.3 is 25.3 Å². The standard InChI is InChI=1S/C28H26N6O3/c1-18-6-8-19(9-7-18)24-17-25(37-33-26(29)20-10-12-22(35)13-11-20)32-28(31-24)36-23-5-3-4-21(16-23)27-30-14-15-34(27)2/h3-13,16-17,35H,14-15H2,1-2H3,(H2,29,33). The van der Waals surface area contributed by atoms with E-state index in [4.69, 9.17) is 15.3 Å². The highest BCUT2D eigenvalue weighted by molar-refractivity contribution is 6.00. The number of aromatic hydroxyl groups is 1. The van der Waals surface area contributed by atoms with E-state index >= 15 is 0 Å². The van der Waals surface area contributed by atoms with Gasteiger partial charge in [0.1, 0.15) is 17.3 Å². The minimum Gasteiger partial charge on any atom is -0.508 e. The van der Waals surface area contributed by atoms with E-state index in [0.29, 0.717) is 17.0 Å². The van der Waals surface area contributed by atoms with E-state index in [1.165, 1.54) is 12.1 Å². The van der Waals surface area contributed by atoms with E-state index < -0.39 is 0 Å². The molecule has 0 saturated heterocycles. The van der Waals surface area contributed by atoms with Gasteiger partial charge in [0.15, 0.2) is 5.84 Å². The summed E-state index contributed by atoms with van der Waals surface area (Å²) in [5.41, 5.74) is 10.2. The lowest BCUT2D eigenvalue weighted by atomic mass is 10.1. The monoisotopic (exact) mass is 494 g/mol. The summed E-state index contributed by atoms with van der Waals surface area (Å²) >= 11 is 0. The molecule has 5 rings (SSSR count). The van der Waals surface area contributed by atoms with Gasteiger partial charge in [0, 0.05) is 36.3 Å². The zero-order valence-corrected chi connectivity index (χ0v) is 20.5. The second kappa shape index (κ2) is 10.4. The quantitative estimate of drug-likeness (QED) is 0.223. The third-order valence-electron chi connectivity index (χ3n) is 5.79. The second-order valence-electron chi connectivity index (χ2n) is 8.61. The van der Waals surface area contributed by atoms with Gasteiger partial charge >= 0.3 is 6.01 Å². The van der Waals surface area contributed by atoms with E-state index in [-0.39, 0.29) is 23.5 Å². The summed E-state index contributed by atoms with van der Waals surface area (Å²) in [6.07, 6.45) is 0. The lowest BCUT2D eigenvalue weighted by molar-refractivity contribution is 0.318. The Morgan fingerprint density at radius 1 is 0.973 bits per heavy atom. The van der Waals surface area contributed by atoms with Crippen LogP contribution in [0.4, 0.5) is 0 Å². The lowest BCUT2D eigenvalue weighted by Gasteiger charge is -2.14. The largest absolute Gasteiger partial charge is 0.508 e. The van der Waals surface area contributed by atoms with Crippen molar-refractivity contribution in [3.05, 3.63) is 95.6 Å². The maximum absolute atomic E-state index is 9.49. The first-order valence-corrected chi connectivity index (χ1v) is 11.7. The number of ether oxygens (including phenoxy) is 1. The number of likely N-dealkylation sites (N-methyl/N-ethyl adjacent to an activating group) is 1. The Bertz CT molecular complexity index is 1470.